The highest BCUT2D eigenvalue weighted by molar-refractivity contribution is 7.71. The fraction of sp³-hybridized carbons (Fsp3) is 0.100. The molecule has 1 heterocycles. The zero-order valence-electron chi connectivity index (χ0n) is 8.25. The van der Waals surface area contributed by atoms with E-state index in [9.17, 15) is 13.2 Å². The molecule has 0 atom stereocenters. The van der Waals surface area contributed by atoms with Crippen LogP contribution in [0.25, 0.3) is 5.69 Å². The van der Waals surface area contributed by atoms with Crippen molar-refractivity contribution in [3.63, 3.8) is 0 Å². The van der Waals surface area contributed by atoms with Crippen LogP contribution >= 0.6 is 23.8 Å². The van der Waals surface area contributed by atoms with Gasteiger partial charge < -0.3 is 4.98 Å². The number of H-pyrrole nitrogens is 1. The van der Waals surface area contributed by atoms with Crippen LogP contribution in [0.2, 0.25) is 5.02 Å². The van der Waals surface area contributed by atoms with Crippen molar-refractivity contribution in [1.29, 1.82) is 0 Å². The molecule has 0 bridgehead atoms. The van der Waals surface area contributed by atoms with Crippen molar-refractivity contribution in [1.82, 2.24) is 9.55 Å². The van der Waals surface area contributed by atoms with E-state index in [-0.39, 0.29) is 5.02 Å². The zero-order valence-corrected chi connectivity index (χ0v) is 9.83. The Hall–Kier alpha value is -1.27. The molecule has 0 aliphatic carbocycles. The summed E-state index contributed by atoms with van der Waals surface area (Å²) in [4.78, 5) is 2.74. The molecule has 17 heavy (non-hydrogen) atoms. The van der Waals surface area contributed by atoms with E-state index in [4.69, 9.17) is 23.8 Å². The van der Waals surface area contributed by atoms with Gasteiger partial charge >= 0.3 is 6.18 Å². The van der Waals surface area contributed by atoms with E-state index in [0.29, 0.717) is 10.5 Å². The SMILES string of the molecule is FC(F)(F)c1ccc(-n2cc[nH]c2=S)c(Cl)c1. The number of hydrogen-bond donors (Lipinski definition) is 1. The van der Waals surface area contributed by atoms with Gasteiger partial charge in [0.05, 0.1) is 16.3 Å². The molecule has 0 saturated heterocycles. The lowest BCUT2D eigenvalue weighted by molar-refractivity contribution is -0.137. The molecular formula is C10H6ClF3N2S. The fourth-order valence-electron chi connectivity index (χ4n) is 1.39. The molecule has 2 rings (SSSR count). The van der Waals surface area contributed by atoms with Crippen LogP contribution in [0.1, 0.15) is 5.56 Å². The molecule has 1 aromatic heterocycles. The Morgan fingerprint density at radius 1 is 1.29 bits per heavy atom. The molecule has 0 aliphatic rings. The van der Waals surface area contributed by atoms with E-state index < -0.39 is 11.7 Å². The summed E-state index contributed by atoms with van der Waals surface area (Å²) in [5, 5.41) is -0.00414. The van der Waals surface area contributed by atoms with Gasteiger partial charge in [-0.1, -0.05) is 11.6 Å². The summed E-state index contributed by atoms with van der Waals surface area (Å²) in [6, 6.07) is 3.14. The summed E-state index contributed by atoms with van der Waals surface area (Å²) in [6.45, 7) is 0. The first-order chi connectivity index (χ1) is 7.89. The van der Waals surface area contributed by atoms with E-state index in [0.717, 1.165) is 12.1 Å². The van der Waals surface area contributed by atoms with Crippen LogP contribution < -0.4 is 0 Å². The Labute approximate surface area is 105 Å². The molecule has 0 fully saturated rings. The summed E-state index contributed by atoms with van der Waals surface area (Å²) in [5.74, 6) is 0. The van der Waals surface area contributed by atoms with Crippen molar-refractivity contribution in [2.24, 2.45) is 0 Å². The maximum Gasteiger partial charge on any atom is 0.416 e. The Morgan fingerprint density at radius 2 is 2.00 bits per heavy atom. The minimum atomic E-state index is -4.40. The van der Waals surface area contributed by atoms with Gasteiger partial charge in [-0.3, -0.25) is 4.57 Å². The molecular weight excluding hydrogens is 273 g/mol. The highest BCUT2D eigenvalue weighted by Crippen LogP contribution is 2.33. The largest absolute Gasteiger partial charge is 0.416 e. The second-order valence-corrected chi connectivity index (χ2v) is 4.09. The van der Waals surface area contributed by atoms with Crippen molar-refractivity contribution in [3.05, 3.63) is 45.9 Å². The highest BCUT2D eigenvalue weighted by atomic mass is 35.5. The molecule has 2 aromatic rings. The van der Waals surface area contributed by atoms with E-state index in [2.05, 4.69) is 4.98 Å². The van der Waals surface area contributed by atoms with Gasteiger partial charge in [-0.15, -0.1) is 0 Å². The number of rotatable bonds is 1. The molecule has 90 valence electrons. The van der Waals surface area contributed by atoms with E-state index in [1.165, 1.54) is 10.6 Å². The lowest BCUT2D eigenvalue weighted by atomic mass is 10.2. The highest BCUT2D eigenvalue weighted by Gasteiger charge is 2.30. The van der Waals surface area contributed by atoms with Crippen LogP contribution in [-0.4, -0.2) is 9.55 Å². The number of nitrogens with one attached hydrogen (secondary N) is 1. The van der Waals surface area contributed by atoms with Gasteiger partial charge in [0.2, 0.25) is 0 Å². The van der Waals surface area contributed by atoms with Crippen molar-refractivity contribution in [3.8, 4) is 5.69 Å². The molecule has 0 amide bonds. The maximum atomic E-state index is 12.4. The molecule has 1 aromatic carbocycles. The summed E-state index contributed by atoms with van der Waals surface area (Å²) >= 11 is 10.8. The Balaban J connectivity index is 2.54. The molecule has 0 radical (unpaired) electrons. The Morgan fingerprint density at radius 3 is 2.47 bits per heavy atom. The number of imidazole rings is 1. The van der Waals surface area contributed by atoms with Gasteiger partial charge in [0, 0.05) is 12.4 Å². The number of nitrogens with zero attached hydrogens (tertiary/aromatic N) is 1. The first kappa shape index (κ1) is 12.2. The van der Waals surface area contributed by atoms with E-state index in [1.807, 2.05) is 0 Å². The lowest BCUT2D eigenvalue weighted by Gasteiger charge is -2.10. The Kier molecular flexibility index (Phi) is 3.01. The van der Waals surface area contributed by atoms with Crippen LogP contribution in [-0.2, 0) is 6.18 Å². The predicted octanol–water partition coefficient (Wildman–Crippen LogP) is 4.21. The number of benzene rings is 1. The third kappa shape index (κ3) is 2.37. The first-order valence-electron chi connectivity index (χ1n) is 4.53. The summed E-state index contributed by atoms with van der Waals surface area (Å²) in [6.07, 6.45) is -1.23. The average molecular weight is 279 g/mol. The molecule has 2 nitrogen and oxygen atoms in total. The molecule has 1 N–H and O–H groups in total. The molecule has 0 spiro atoms. The Bertz CT molecular complexity index is 600. The summed E-state index contributed by atoms with van der Waals surface area (Å²) < 4.78 is 39.2. The monoisotopic (exact) mass is 278 g/mol. The summed E-state index contributed by atoms with van der Waals surface area (Å²) in [5.41, 5.74) is -0.376. The smallest absolute Gasteiger partial charge is 0.337 e. The van der Waals surface area contributed by atoms with Crippen LogP contribution in [0.15, 0.2) is 30.6 Å². The van der Waals surface area contributed by atoms with Crippen molar-refractivity contribution in [2.75, 3.05) is 0 Å². The van der Waals surface area contributed by atoms with E-state index >= 15 is 0 Å². The van der Waals surface area contributed by atoms with E-state index in [1.54, 1.807) is 12.4 Å². The molecule has 0 saturated carbocycles. The van der Waals surface area contributed by atoms with Crippen molar-refractivity contribution in [2.45, 2.75) is 6.18 Å². The second kappa shape index (κ2) is 4.19. The predicted molar refractivity (Wildman–Crippen MR) is 61.0 cm³/mol. The van der Waals surface area contributed by atoms with Gasteiger partial charge in [-0.25, -0.2) is 0 Å². The van der Waals surface area contributed by atoms with Crippen LogP contribution in [0, 0.1) is 4.77 Å². The fourth-order valence-corrected chi connectivity index (χ4v) is 1.89. The zero-order chi connectivity index (χ0) is 12.6. The minimum Gasteiger partial charge on any atom is -0.337 e. The van der Waals surface area contributed by atoms with Gasteiger partial charge in [0.15, 0.2) is 4.77 Å². The average Bonchev–Trinajstić information content (AvgIpc) is 2.63. The van der Waals surface area contributed by atoms with Gasteiger partial charge in [0.1, 0.15) is 0 Å². The van der Waals surface area contributed by atoms with Crippen molar-refractivity contribution < 1.29 is 13.2 Å². The van der Waals surface area contributed by atoms with Gasteiger partial charge in [-0.05, 0) is 30.4 Å². The quantitative estimate of drug-likeness (QED) is 0.775. The third-order valence-corrected chi connectivity index (χ3v) is 2.80. The lowest BCUT2D eigenvalue weighted by Crippen LogP contribution is -2.05. The molecule has 0 unspecified atom stereocenters. The van der Waals surface area contributed by atoms with Crippen molar-refractivity contribution >= 4 is 23.8 Å². The number of hydrogen-bond acceptors (Lipinski definition) is 1. The number of aromatic nitrogens is 2. The third-order valence-electron chi connectivity index (χ3n) is 2.18. The maximum absolute atomic E-state index is 12.4. The first-order valence-corrected chi connectivity index (χ1v) is 5.31. The minimum absolute atomic E-state index is 0.00414. The summed E-state index contributed by atoms with van der Waals surface area (Å²) in [7, 11) is 0. The number of halogens is 4. The number of aromatic amines is 1. The van der Waals surface area contributed by atoms with Crippen LogP contribution in [0.5, 0.6) is 0 Å². The van der Waals surface area contributed by atoms with Crippen LogP contribution in [0.3, 0.4) is 0 Å². The van der Waals surface area contributed by atoms with Gasteiger partial charge in [0.25, 0.3) is 0 Å². The standard InChI is InChI=1S/C10H6ClF3N2S/c11-7-5-6(10(12,13)14)1-2-8(7)16-4-3-15-9(16)17/h1-5H,(H,15,17). The molecule has 7 heteroatoms. The van der Waals surface area contributed by atoms with Gasteiger partial charge in [-0.2, -0.15) is 13.2 Å². The topological polar surface area (TPSA) is 20.7 Å². The number of alkyl halides is 3. The van der Waals surface area contributed by atoms with Crippen LogP contribution in [0.4, 0.5) is 13.2 Å². The second-order valence-electron chi connectivity index (χ2n) is 3.30. The molecule has 0 aliphatic heterocycles. The normalized spacial score (nSPS) is 11.8.